The molecule has 0 bridgehead atoms. The summed E-state index contributed by atoms with van der Waals surface area (Å²) in [6.45, 7) is 1.66. The third-order valence-electron chi connectivity index (χ3n) is 2.24. The van der Waals surface area contributed by atoms with E-state index in [0.29, 0.717) is 6.42 Å². The highest BCUT2D eigenvalue weighted by molar-refractivity contribution is 5.75. The van der Waals surface area contributed by atoms with Gasteiger partial charge in [-0.05, 0) is 18.5 Å². The molecule has 1 rings (SSSR count). The number of hydrogen-bond donors (Lipinski definition) is 2. The average molecular weight is 206 g/mol. The lowest BCUT2D eigenvalue weighted by Gasteiger charge is -2.04. The molecule has 0 unspecified atom stereocenters. The van der Waals surface area contributed by atoms with Gasteiger partial charge in [0, 0.05) is 20.0 Å². The molecule has 1 aromatic rings. The molecule has 1 amide bonds. The number of nitrogens with one attached hydrogen (secondary N) is 2. The molecule has 1 aromatic carbocycles. The van der Waals surface area contributed by atoms with Gasteiger partial charge in [-0.15, -0.1) is 0 Å². The van der Waals surface area contributed by atoms with Gasteiger partial charge in [-0.1, -0.05) is 30.3 Å². The summed E-state index contributed by atoms with van der Waals surface area (Å²) in [6.07, 6.45) is 1.56. The number of carbonyl (C=O) groups excluding carboxylic acids is 1. The second-order valence-electron chi connectivity index (χ2n) is 3.41. The molecule has 0 aromatic heterocycles. The standard InChI is InChI=1S/C12H18N2O/c1-13-12(15)8-10-14-9-7-11-5-3-2-4-6-11/h2-6,14H,7-10H2,1H3,(H,13,15). The molecule has 15 heavy (non-hydrogen) atoms. The van der Waals surface area contributed by atoms with Crippen molar-refractivity contribution in [2.45, 2.75) is 12.8 Å². The van der Waals surface area contributed by atoms with E-state index in [2.05, 4.69) is 22.8 Å². The Kier molecular flexibility index (Phi) is 5.48. The van der Waals surface area contributed by atoms with E-state index < -0.39 is 0 Å². The lowest BCUT2D eigenvalue weighted by Crippen LogP contribution is -2.25. The summed E-state index contributed by atoms with van der Waals surface area (Å²) in [4.78, 5) is 10.9. The molecule has 0 spiro atoms. The molecular formula is C12H18N2O. The smallest absolute Gasteiger partial charge is 0.221 e. The van der Waals surface area contributed by atoms with Gasteiger partial charge in [-0.2, -0.15) is 0 Å². The number of rotatable bonds is 6. The largest absolute Gasteiger partial charge is 0.359 e. The molecule has 0 saturated heterocycles. The first-order chi connectivity index (χ1) is 7.33. The summed E-state index contributed by atoms with van der Waals surface area (Å²) in [5, 5.41) is 5.83. The summed E-state index contributed by atoms with van der Waals surface area (Å²) in [5.74, 6) is 0.0854. The Morgan fingerprint density at radius 1 is 1.20 bits per heavy atom. The van der Waals surface area contributed by atoms with Gasteiger partial charge in [0.05, 0.1) is 0 Å². The van der Waals surface area contributed by atoms with E-state index in [1.807, 2.05) is 18.2 Å². The van der Waals surface area contributed by atoms with Crippen LogP contribution >= 0.6 is 0 Å². The molecule has 82 valence electrons. The number of hydrogen-bond acceptors (Lipinski definition) is 2. The Morgan fingerprint density at radius 3 is 2.60 bits per heavy atom. The van der Waals surface area contributed by atoms with Crippen LogP contribution in [0.1, 0.15) is 12.0 Å². The summed E-state index contributed by atoms with van der Waals surface area (Å²) in [6, 6.07) is 10.3. The summed E-state index contributed by atoms with van der Waals surface area (Å²) < 4.78 is 0. The zero-order valence-corrected chi connectivity index (χ0v) is 9.12. The molecule has 0 aliphatic heterocycles. The van der Waals surface area contributed by atoms with Crippen molar-refractivity contribution in [1.82, 2.24) is 10.6 Å². The predicted octanol–water partition coefficient (Wildman–Crippen LogP) is 0.955. The van der Waals surface area contributed by atoms with Gasteiger partial charge in [-0.3, -0.25) is 4.79 Å². The Bertz CT molecular complexity index is 285. The van der Waals surface area contributed by atoms with Crippen LogP contribution in [0.25, 0.3) is 0 Å². The maximum atomic E-state index is 10.9. The van der Waals surface area contributed by atoms with Gasteiger partial charge in [-0.25, -0.2) is 0 Å². The van der Waals surface area contributed by atoms with Gasteiger partial charge in [0.25, 0.3) is 0 Å². The highest BCUT2D eigenvalue weighted by Crippen LogP contribution is 1.97. The molecule has 0 aliphatic rings. The first kappa shape index (κ1) is 11.7. The molecule has 0 fully saturated rings. The van der Waals surface area contributed by atoms with Gasteiger partial charge >= 0.3 is 0 Å². The fourth-order valence-corrected chi connectivity index (χ4v) is 1.33. The van der Waals surface area contributed by atoms with Crippen LogP contribution < -0.4 is 10.6 Å². The van der Waals surface area contributed by atoms with Crippen LogP contribution in [0.15, 0.2) is 30.3 Å². The van der Waals surface area contributed by atoms with Gasteiger partial charge in [0.15, 0.2) is 0 Å². The highest BCUT2D eigenvalue weighted by atomic mass is 16.1. The fourth-order valence-electron chi connectivity index (χ4n) is 1.33. The van der Waals surface area contributed by atoms with Crippen molar-refractivity contribution in [1.29, 1.82) is 0 Å². The third kappa shape index (κ3) is 5.18. The van der Waals surface area contributed by atoms with E-state index in [9.17, 15) is 4.79 Å². The maximum absolute atomic E-state index is 10.9. The van der Waals surface area contributed by atoms with E-state index in [-0.39, 0.29) is 5.91 Å². The maximum Gasteiger partial charge on any atom is 0.221 e. The van der Waals surface area contributed by atoms with Crippen molar-refractivity contribution < 1.29 is 4.79 Å². The van der Waals surface area contributed by atoms with E-state index in [1.165, 1.54) is 5.56 Å². The molecule has 0 radical (unpaired) electrons. The molecule has 0 heterocycles. The number of benzene rings is 1. The van der Waals surface area contributed by atoms with E-state index in [0.717, 1.165) is 19.5 Å². The molecule has 2 N–H and O–H groups in total. The van der Waals surface area contributed by atoms with Crippen molar-refractivity contribution in [2.24, 2.45) is 0 Å². The first-order valence-corrected chi connectivity index (χ1v) is 5.28. The lowest BCUT2D eigenvalue weighted by atomic mass is 10.1. The van der Waals surface area contributed by atoms with Crippen molar-refractivity contribution in [2.75, 3.05) is 20.1 Å². The molecule has 0 atom stereocenters. The van der Waals surface area contributed by atoms with Crippen LogP contribution in [0.2, 0.25) is 0 Å². The zero-order valence-electron chi connectivity index (χ0n) is 9.12. The van der Waals surface area contributed by atoms with Gasteiger partial charge in [0.1, 0.15) is 0 Å². The highest BCUT2D eigenvalue weighted by Gasteiger charge is 1.96. The van der Waals surface area contributed by atoms with Crippen molar-refractivity contribution in [3.8, 4) is 0 Å². The molecular weight excluding hydrogens is 188 g/mol. The van der Waals surface area contributed by atoms with Crippen LogP contribution in [-0.2, 0) is 11.2 Å². The van der Waals surface area contributed by atoms with Crippen LogP contribution in [0.4, 0.5) is 0 Å². The number of amides is 1. The summed E-state index contributed by atoms with van der Waals surface area (Å²) in [7, 11) is 1.66. The summed E-state index contributed by atoms with van der Waals surface area (Å²) in [5.41, 5.74) is 1.32. The van der Waals surface area contributed by atoms with Gasteiger partial charge < -0.3 is 10.6 Å². The Hall–Kier alpha value is -1.35. The topological polar surface area (TPSA) is 41.1 Å². The van der Waals surface area contributed by atoms with Crippen molar-refractivity contribution in [3.05, 3.63) is 35.9 Å². The Labute approximate surface area is 90.9 Å². The van der Waals surface area contributed by atoms with Crippen molar-refractivity contribution in [3.63, 3.8) is 0 Å². The second kappa shape index (κ2) is 7.01. The minimum absolute atomic E-state index is 0.0854. The van der Waals surface area contributed by atoms with E-state index in [1.54, 1.807) is 7.05 Å². The van der Waals surface area contributed by atoms with Gasteiger partial charge in [0.2, 0.25) is 5.91 Å². The Morgan fingerprint density at radius 2 is 1.93 bits per heavy atom. The summed E-state index contributed by atoms with van der Waals surface area (Å²) >= 11 is 0. The minimum atomic E-state index is 0.0854. The second-order valence-corrected chi connectivity index (χ2v) is 3.41. The van der Waals surface area contributed by atoms with Crippen LogP contribution in [-0.4, -0.2) is 26.0 Å². The molecule has 0 saturated carbocycles. The Balaban J connectivity index is 2.05. The van der Waals surface area contributed by atoms with Crippen LogP contribution in [0, 0.1) is 0 Å². The first-order valence-electron chi connectivity index (χ1n) is 5.28. The van der Waals surface area contributed by atoms with E-state index >= 15 is 0 Å². The van der Waals surface area contributed by atoms with Crippen LogP contribution in [0.5, 0.6) is 0 Å². The van der Waals surface area contributed by atoms with Crippen molar-refractivity contribution >= 4 is 5.91 Å². The number of carbonyl (C=O) groups is 1. The average Bonchev–Trinajstić information content (AvgIpc) is 2.29. The minimum Gasteiger partial charge on any atom is -0.359 e. The fraction of sp³-hybridized carbons (Fsp3) is 0.417. The third-order valence-corrected chi connectivity index (χ3v) is 2.24. The SMILES string of the molecule is CNC(=O)CCNCCc1ccccc1. The molecule has 0 aliphatic carbocycles. The monoisotopic (exact) mass is 206 g/mol. The van der Waals surface area contributed by atoms with Crippen LogP contribution in [0.3, 0.4) is 0 Å². The van der Waals surface area contributed by atoms with E-state index in [4.69, 9.17) is 0 Å². The predicted molar refractivity (Wildman–Crippen MR) is 61.7 cm³/mol. The molecule has 3 nitrogen and oxygen atoms in total. The normalized spacial score (nSPS) is 9.93. The quantitative estimate of drug-likeness (QED) is 0.681. The lowest BCUT2D eigenvalue weighted by molar-refractivity contribution is -0.120. The zero-order chi connectivity index (χ0) is 10.9. The molecule has 3 heteroatoms.